The standard InChI is InChI=1S/C17H23N5O3S/c1-26(24,25)22-10-3-2-7-15(22)8-9-18-17(23)14-6-4-5-13(11-14)16-19-12-20-21-16/h4-6,11-12,15H,2-3,7-10H2,1H3,(H,18,23)(H,19,20,21)/t15-/m1/s1. The molecule has 1 saturated heterocycles. The fraction of sp³-hybridized carbons (Fsp3) is 0.471. The second kappa shape index (κ2) is 7.96. The van der Waals surface area contributed by atoms with Crippen LogP contribution in [-0.4, -0.2) is 59.2 Å². The van der Waals surface area contributed by atoms with Gasteiger partial charge in [0, 0.05) is 30.3 Å². The van der Waals surface area contributed by atoms with Crippen LogP contribution in [0.2, 0.25) is 0 Å². The minimum Gasteiger partial charge on any atom is -0.352 e. The predicted octanol–water partition coefficient (Wildman–Crippen LogP) is 1.41. The van der Waals surface area contributed by atoms with Crippen molar-refractivity contribution in [2.45, 2.75) is 31.7 Å². The number of carbonyl (C=O) groups is 1. The van der Waals surface area contributed by atoms with Gasteiger partial charge in [-0.3, -0.25) is 9.89 Å². The van der Waals surface area contributed by atoms with Crippen LogP contribution in [0.4, 0.5) is 0 Å². The number of piperidine rings is 1. The number of aromatic nitrogens is 3. The van der Waals surface area contributed by atoms with Crippen LogP contribution in [0.25, 0.3) is 11.4 Å². The maximum Gasteiger partial charge on any atom is 0.251 e. The van der Waals surface area contributed by atoms with E-state index in [4.69, 9.17) is 0 Å². The molecule has 1 amide bonds. The lowest BCUT2D eigenvalue weighted by molar-refractivity contribution is 0.0949. The summed E-state index contributed by atoms with van der Waals surface area (Å²) in [6.45, 7) is 0.999. The van der Waals surface area contributed by atoms with Crippen molar-refractivity contribution in [1.29, 1.82) is 0 Å². The number of nitrogens with one attached hydrogen (secondary N) is 2. The molecule has 0 saturated carbocycles. The van der Waals surface area contributed by atoms with Gasteiger partial charge in [0.1, 0.15) is 6.33 Å². The van der Waals surface area contributed by atoms with Crippen LogP contribution in [-0.2, 0) is 10.0 Å². The molecule has 0 spiro atoms. The highest BCUT2D eigenvalue weighted by molar-refractivity contribution is 7.88. The maximum absolute atomic E-state index is 12.4. The molecule has 9 heteroatoms. The normalized spacial score (nSPS) is 18.6. The summed E-state index contributed by atoms with van der Waals surface area (Å²) >= 11 is 0. The first-order valence-corrected chi connectivity index (χ1v) is 10.5. The van der Waals surface area contributed by atoms with Crippen molar-refractivity contribution in [3.63, 3.8) is 0 Å². The van der Waals surface area contributed by atoms with Crippen LogP contribution in [0.5, 0.6) is 0 Å². The Morgan fingerprint density at radius 1 is 1.38 bits per heavy atom. The largest absolute Gasteiger partial charge is 0.352 e. The number of H-pyrrole nitrogens is 1. The zero-order valence-electron chi connectivity index (χ0n) is 14.7. The predicted molar refractivity (Wildman–Crippen MR) is 98.0 cm³/mol. The van der Waals surface area contributed by atoms with Crippen LogP contribution in [0.3, 0.4) is 0 Å². The minimum atomic E-state index is -3.20. The second-order valence-electron chi connectivity index (χ2n) is 6.48. The van der Waals surface area contributed by atoms with Crippen LogP contribution >= 0.6 is 0 Å². The van der Waals surface area contributed by atoms with Crippen molar-refractivity contribution in [2.75, 3.05) is 19.3 Å². The van der Waals surface area contributed by atoms with Gasteiger partial charge in [-0.1, -0.05) is 18.6 Å². The van der Waals surface area contributed by atoms with Gasteiger partial charge in [0.05, 0.1) is 6.26 Å². The molecule has 0 bridgehead atoms. The van der Waals surface area contributed by atoms with Gasteiger partial charge in [0.15, 0.2) is 5.82 Å². The number of rotatable bonds is 6. The van der Waals surface area contributed by atoms with Gasteiger partial charge in [-0.2, -0.15) is 9.40 Å². The third kappa shape index (κ3) is 4.47. The van der Waals surface area contributed by atoms with Gasteiger partial charge in [0.25, 0.3) is 5.91 Å². The Morgan fingerprint density at radius 2 is 2.23 bits per heavy atom. The zero-order valence-corrected chi connectivity index (χ0v) is 15.5. The van der Waals surface area contributed by atoms with E-state index >= 15 is 0 Å². The number of aromatic amines is 1. The van der Waals surface area contributed by atoms with Crippen LogP contribution in [0, 0.1) is 0 Å². The van der Waals surface area contributed by atoms with Crippen molar-refractivity contribution in [1.82, 2.24) is 24.8 Å². The third-order valence-corrected chi connectivity index (χ3v) is 5.91. The number of nitrogens with zero attached hydrogens (tertiary/aromatic N) is 3. The highest BCUT2D eigenvalue weighted by Crippen LogP contribution is 2.22. The molecule has 0 unspecified atom stereocenters. The summed E-state index contributed by atoms with van der Waals surface area (Å²) in [6, 6.07) is 7.08. The van der Waals surface area contributed by atoms with E-state index in [-0.39, 0.29) is 11.9 Å². The molecule has 0 radical (unpaired) electrons. The molecule has 8 nitrogen and oxygen atoms in total. The number of hydrogen-bond donors (Lipinski definition) is 2. The van der Waals surface area contributed by atoms with E-state index in [1.54, 1.807) is 22.5 Å². The quantitative estimate of drug-likeness (QED) is 0.791. The monoisotopic (exact) mass is 377 g/mol. The fourth-order valence-electron chi connectivity index (χ4n) is 3.31. The summed E-state index contributed by atoms with van der Waals surface area (Å²) in [4.78, 5) is 16.5. The summed E-state index contributed by atoms with van der Waals surface area (Å²) in [6.07, 6.45) is 6.03. The molecule has 1 aliphatic heterocycles. The zero-order chi connectivity index (χ0) is 18.6. The highest BCUT2D eigenvalue weighted by Gasteiger charge is 2.28. The van der Waals surface area contributed by atoms with Crippen molar-refractivity contribution in [3.05, 3.63) is 36.2 Å². The molecule has 1 aliphatic rings. The van der Waals surface area contributed by atoms with E-state index < -0.39 is 10.0 Å². The molecule has 3 rings (SSSR count). The van der Waals surface area contributed by atoms with Crippen molar-refractivity contribution >= 4 is 15.9 Å². The van der Waals surface area contributed by atoms with Gasteiger partial charge < -0.3 is 5.32 Å². The molecule has 0 aliphatic carbocycles. The molecule has 2 N–H and O–H groups in total. The molecule has 2 aromatic rings. The first-order valence-electron chi connectivity index (χ1n) is 8.66. The smallest absolute Gasteiger partial charge is 0.251 e. The van der Waals surface area contributed by atoms with E-state index in [0.717, 1.165) is 24.8 Å². The lowest BCUT2D eigenvalue weighted by Crippen LogP contribution is -2.44. The summed E-state index contributed by atoms with van der Waals surface area (Å²) < 4.78 is 25.3. The third-order valence-electron chi connectivity index (χ3n) is 4.58. The Bertz CT molecular complexity index is 851. The van der Waals surface area contributed by atoms with Gasteiger partial charge >= 0.3 is 0 Å². The molecule has 1 aromatic heterocycles. The molecule has 140 valence electrons. The first kappa shape index (κ1) is 18.5. The van der Waals surface area contributed by atoms with Crippen molar-refractivity contribution < 1.29 is 13.2 Å². The topological polar surface area (TPSA) is 108 Å². The van der Waals surface area contributed by atoms with Gasteiger partial charge in [-0.15, -0.1) is 0 Å². The maximum atomic E-state index is 12.4. The summed E-state index contributed by atoms with van der Waals surface area (Å²) in [5, 5.41) is 9.46. The Labute approximate surface area is 153 Å². The van der Waals surface area contributed by atoms with Gasteiger partial charge in [0.2, 0.25) is 10.0 Å². The molecule has 1 atom stereocenters. The molecule has 1 aromatic carbocycles. The lowest BCUT2D eigenvalue weighted by atomic mass is 10.0. The Kier molecular flexibility index (Phi) is 5.67. The summed E-state index contributed by atoms with van der Waals surface area (Å²) in [5.74, 6) is 0.415. The number of hydrogen-bond acceptors (Lipinski definition) is 5. The fourth-order valence-corrected chi connectivity index (χ4v) is 4.52. The van der Waals surface area contributed by atoms with Crippen LogP contribution in [0.15, 0.2) is 30.6 Å². The second-order valence-corrected chi connectivity index (χ2v) is 8.42. The van der Waals surface area contributed by atoms with E-state index in [1.807, 2.05) is 6.07 Å². The average Bonchev–Trinajstić information content (AvgIpc) is 3.16. The molecule has 1 fully saturated rings. The Balaban J connectivity index is 1.58. The molecular weight excluding hydrogens is 354 g/mol. The van der Waals surface area contributed by atoms with E-state index in [9.17, 15) is 13.2 Å². The van der Waals surface area contributed by atoms with Crippen LogP contribution < -0.4 is 5.32 Å². The number of sulfonamides is 1. The summed E-state index contributed by atoms with van der Waals surface area (Å²) in [7, 11) is -3.20. The Hall–Kier alpha value is -2.26. The molecular formula is C17H23N5O3S. The van der Waals surface area contributed by atoms with E-state index in [0.29, 0.717) is 30.9 Å². The lowest BCUT2D eigenvalue weighted by Gasteiger charge is -2.33. The van der Waals surface area contributed by atoms with Gasteiger partial charge in [-0.25, -0.2) is 13.4 Å². The van der Waals surface area contributed by atoms with Crippen molar-refractivity contribution in [2.24, 2.45) is 0 Å². The van der Waals surface area contributed by atoms with Gasteiger partial charge in [-0.05, 0) is 31.4 Å². The van der Waals surface area contributed by atoms with E-state index in [1.165, 1.54) is 12.6 Å². The number of benzene rings is 1. The SMILES string of the molecule is CS(=O)(=O)N1CCCC[C@@H]1CCNC(=O)c1cccc(-c2ncn[nH]2)c1. The van der Waals surface area contributed by atoms with Crippen molar-refractivity contribution in [3.8, 4) is 11.4 Å². The molecule has 2 heterocycles. The minimum absolute atomic E-state index is 0.0421. The van der Waals surface area contributed by atoms with Crippen LogP contribution in [0.1, 0.15) is 36.0 Å². The highest BCUT2D eigenvalue weighted by atomic mass is 32.2. The first-order chi connectivity index (χ1) is 12.4. The molecule has 26 heavy (non-hydrogen) atoms. The number of carbonyl (C=O) groups excluding carboxylic acids is 1. The summed E-state index contributed by atoms with van der Waals surface area (Å²) in [5.41, 5.74) is 1.31. The Morgan fingerprint density at radius 3 is 2.96 bits per heavy atom. The van der Waals surface area contributed by atoms with E-state index in [2.05, 4.69) is 20.5 Å². The average molecular weight is 377 g/mol. The number of amides is 1.